The predicted molar refractivity (Wildman–Crippen MR) is 142 cm³/mol. The Labute approximate surface area is 238 Å². The molecule has 1 aliphatic rings. The van der Waals surface area contributed by atoms with Crippen molar-refractivity contribution in [3.05, 3.63) is 95.3 Å². The van der Waals surface area contributed by atoms with Gasteiger partial charge in [0.15, 0.2) is 12.4 Å². The van der Waals surface area contributed by atoms with Crippen LogP contribution in [0.15, 0.2) is 53.0 Å². The number of rotatable bonds is 7. The van der Waals surface area contributed by atoms with E-state index < -0.39 is 36.2 Å². The maximum atomic E-state index is 13.4. The van der Waals surface area contributed by atoms with E-state index in [1.54, 1.807) is 24.3 Å². The molecule has 0 aliphatic carbocycles. The maximum Gasteiger partial charge on any atom is 0.330 e. The van der Waals surface area contributed by atoms with Crippen LogP contribution in [-0.4, -0.2) is 46.2 Å². The summed E-state index contributed by atoms with van der Waals surface area (Å²) in [6, 6.07) is 10.7. The average Bonchev–Trinajstić information content (AvgIpc) is 3.14. The molecule has 0 radical (unpaired) electrons. The number of phenols is 1. The highest BCUT2D eigenvalue weighted by atomic mass is 79.9. The molecule has 4 rings (SSSR count). The molecular weight excluding hydrogens is 632 g/mol. The second kappa shape index (κ2) is 11.0. The molecule has 1 heterocycles. The summed E-state index contributed by atoms with van der Waals surface area (Å²) >= 11 is 27.9. The third-order valence-corrected chi connectivity index (χ3v) is 7.92. The van der Waals surface area contributed by atoms with Crippen LogP contribution in [0.2, 0.25) is 20.1 Å². The Bertz CT molecular complexity index is 1400. The minimum atomic E-state index is -1.50. The normalized spacial score (nSPS) is 13.5. The fraction of sp³-hybridized carbons (Fsp3) is 0.120. The number of hydrogen-bond acceptors (Lipinski definition) is 6. The van der Waals surface area contributed by atoms with Crippen molar-refractivity contribution in [3.63, 3.8) is 0 Å². The number of phenolic OH excluding ortho intramolecular Hbond substituents is 1. The molecule has 3 aromatic rings. The van der Waals surface area contributed by atoms with Gasteiger partial charge in [0.25, 0.3) is 11.8 Å². The summed E-state index contributed by atoms with van der Waals surface area (Å²) in [6.45, 7) is -0.630. The molecule has 190 valence electrons. The van der Waals surface area contributed by atoms with Gasteiger partial charge >= 0.3 is 5.97 Å². The molecule has 3 aromatic carbocycles. The number of carbonyl (C=O) groups is 4. The van der Waals surface area contributed by atoms with Crippen molar-refractivity contribution in [2.75, 3.05) is 6.61 Å². The molecular formula is C25H14BrCl4NO6. The SMILES string of the molecule is O=C(COC(=O)[C@H](Cc1ccc(O)cc1)N1C(=O)c2c(Cl)c(Cl)c(Cl)c(Cl)c2C1=O)c1ccc(Br)cc1. The first-order valence-electron chi connectivity index (χ1n) is 10.5. The number of ether oxygens (including phenoxy) is 1. The number of benzene rings is 3. The lowest BCUT2D eigenvalue weighted by Crippen LogP contribution is -2.47. The molecule has 12 heteroatoms. The standard InChI is InChI=1S/C25H14BrCl4NO6/c26-13-5-3-12(4-6-13)16(33)10-37-25(36)15(9-11-1-7-14(32)8-2-11)31-23(34)17-18(24(31)35)20(28)22(30)21(29)19(17)27/h1-8,15,32H,9-10H2/t15-/m0/s1. The molecule has 2 amide bonds. The summed E-state index contributed by atoms with van der Waals surface area (Å²) in [7, 11) is 0. The van der Waals surface area contributed by atoms with E-state index in [2.05, 4.69) is 15.9 Å². The highest BCUT2D eigenvalue weighted by Crippen LogP contribution is 2.45. The van der Waals surface area contributed by atoms with Crippen molar-refractivity contribution in [2.45, 2.75) is 12.5 Å². The van der Waals surface area contributed by atoms with Crippen LogP contribution >= 0.6 is 62.3 Å². The quantitative estimate of drug-likeness (QED) is 0.105. The molecule has 37 heavy (non-hydrogen) atoms. The number of imide groups is 1. The van der Waals surface area contributed by atoms with Crippen LogP contribution in [0.3, 0.4) is 0 Å². The van der Waals surface area contributed by atoms with Crippen LogP contribution in [0.4, 0.5) is 0 Å². The summed E-state index contributed by atoms with van der Waals surface area (Å²) < 4.78 is 6.01. The third kappa shape index (κ3) is 5.35. The molecule has 0 unspecified atom stereocenters. The minimum absolute atomic E-state index is 0.0217. The molecule has 1 aliphatic heterocycles. The zero-order chi connectivity index (χ0) is 27.0. The van der Waals surface area contributed by atoms with Gasteiger partial charge in [-0.05, 0) is 29.8 Å². The van der Waals surface area contributed by atoms with Gasteiger partial charge < -0.3 is 9.84 Å². The van der Waals surface area contributed by atoms with Crippen LogP contribution in [0, 0.1) is 0 Å². The molecule has 7 nitrogen and oxygen atoms in total. The van der Waals surface area contributed by atoms with Gasteiger partial charge in [0.2, 0.25) is 0 Å². The van der Waals surface area contributed by atoms with Gasteiger partial charge in [-0.2, -0.15) is 0 Å². The number of aromatic hydroxyl groups is 1. The highest BCUT2D eigenvalue weighted by molar-refractivity contribution is 9.10. The average molecular weight is 646 g/mol. The first kappa shape index (κ1) is 27.4. The number of fused-ring (bicyclic) bond motifs is 1. The van der Waals surface area contributed by atoms with Gasteiger partial charge in [-0.3, -0.25) is 19.3 Å². The topological polar surface area (TPSA) is 101 Å². The zero-order valence-electron chi connectivity index (χ0n) is 18.4. The van der Waals surface area contributed by atoms with E-state index in [-0.39, 0.29) is 43.4 Å². The van der Waals surface area contributed by atoms with Gasteiger partial charge in [-0.15, -0.1) is 0 Å². The number of ketones is 1. The van der Waals surface area contributed by atoms with E-state index in [0.717, 1.165) is 4.47 Å². The molecule has 0 aromatic heterocycles. The van der Waals surface area contributed by atoms with Crippen molar-refractivity contribution < 1.29 is 29.0 Å². The summed E-state index contributed by atoms with van der Waals surface area (Å²) in [6.07, 6.45) is -0.187. The van der Waals surface area contributed by atoms with Crippen LogP contribution < -0.4 is 0 Å². The summed E-state index contributed by atoms with van der Waals surface area (Å²) in [5.74, 6) is -3.38. The lowest BCUT2D eigenvalue weighted by Gasteiger charge is -2.24. The van der Waals surface area contributed by atoms with Gasteiger partial charge in [0.1, 0.15) is 11.8 Å². The second-order valence-corrected chi connectivity index (χ2v) is 10.3. The lowest BCUT2D eigenvalue weighted by atomic mass is 10.0. The molecule has 0 bridgehead atoms. The van der Waals surface area contributed by atoms with Crippen molar-refractivity contribution in [1.29, 1.82) is 0 Å². The van der Waals surface area contributed by atoms with Gasteiger partial charge in [0, 0.05) is 16.5 Å². The van der Waals surface area contributed by atoms with Crippen molar-refractivity contribution in [2.24, 2.45) is 0 Å². The Morgan fingerprint density at radius 3 is 1.86 bits per heavy atom. The second-order valence-electron chi connectivity index (χ2n) is 7.91. The van der Waals surface area contributed by atoms with E-state index in [9.17, 15) is 24.3 Å². The Hall–Kier alpha value is -2.62. The summed E-state index contributed by atoms with van der Waals surface area (Å²) in [5.41, 5.74) is 0.208. The summed E-state index contributed by atoms with van der Waals surface area (Å²) in [5, 5.41) is 8.60. The smallest absolute Gasteiger partial charge is 0.330 e. The molecule has 0 saturated carbocycles. The van der Waals surface area contributed by atoms with E-state index in [1.165, 1.54) is 24.3 Å². The zero-order valence-corrected chi connectivity index (χ0v) is 23.0. The predicted octanol–water partition coefficient (Wildman–Crippen LogP) is 6.40. The monoisotopic (exact) mass is 643 g/mol. The fourth-order valence-electron chi connectivity index (χ4n) is 3.74. The molecule has 0 fully saturated rings. The highest BCUT2D eigenvalue weighted by Gasteiger charge is 2.47. The van der Waals surface area contributed by atoms with Gasteiger partial charge in [-0.25, -0.2) is 4.79 Å². The largest absolute Gasteiger partial charge is 0.508 e. The number of nitrogens with zero attached hydrogens (tertiary/aromatic N) is 1. The van der Waals surface area contributed by atoms with Crippen molar-refractivity contribution in [1.82, 2.24) is 4.90 Å². The van der Waals surface area contributed by atoms with Crippen LogP contribution in [0.1, 0.15) is 36.6 Å². The maximum absolute atomic E-state index is 13.4. The van der Waals surface area contributed by atoms with Crippen molar-refractivity contribution >= 4 is 85.9 Å². The fourth-order valence-corrected chi connectivity index (χ4v) is 5.02. The van der Waals surface area contributed by atoms with E-state index in [4.69, 9.17) is 51.1 Å². The number of amides is 2. The van der Waals surface area contributed by atoms with Crippen LogP contribution in [0.25, 0.3) is 0 Å². The van der Waals surface area contributed by atoms with Crippen LogP contribution in [-0.2, 0) is 16.0 Å². The van der Waals surface area contributed by atoms with Crippen LogP contribution in [0.5, 0.6) is 5.75 Å². The molecule has 0 spiro atoms. The Morgan fingerprint density at radius 1 is 0.838 bits per heavy atom. The first-order chi connectivity index (χ1) is 17.5. The molecule has 1 N–H and O–H groups in total. The Morgan fingerprint density at radius 2 is 1.35 bits per heavy atom. The van der Waals surface area contributed by atoms with E-state index >= 15 is 0 Å². The number of hydrogen-bond donors (Lipinski definition) is 1. The minimum Gasteiger partial charge on any atom is -0.508 e. The number of esters is 1. The van der Waals surface area contributed by atoms with E-state index in [0.29, 0.717) is 16.0 Å². The number of halogens is 5. The third-order valence-electron chi connectivity index (χ3n) is 5.59. The molecule has 1 atom stereocenters. The van der Waals surface area contributed by atoms with E-state index in [1.807, 2.05) is 0 Å². The van der Waals surface area contributed by atoms with Gasteiger partial charge in [0.05, 0.1) is 31.2 Å². The molecule has 0 saturated heterocycles. The summed E-state index contributed by atoms with van der Waals surface area (Å²) in [4.78, 5) is 53.2. The number of Topliss-reactive ketones (excluding diaryl/α,β-unsaturated/α-hetero) is 1. The first-order valence-corrected chi connectivity index (χ1v) is 12.8. The Balaban J connectivity index is 1.67. The lowest BCUT2D eigenvalue weighted by molar-refractivity contribution is -0.147. The number of carbonyl (C=O) groups excluding carboxylic acids is 4. The van der Waals surface area contributed by atoms with Gasteiger partial charge in [-0.1, -0.05) is 86.6 Å². The van der Waals surface area contributed by atoms with Crippen molar-refractivity contribution in [3.8, 4) is 5.75 Å². The Kier molecular flexibility index (Phi) is 8.16.